The maximum Gasteiger partial charge on any atom is 0.410 e. The van der Waals surface area contributed by atoms with E-state index in [1.54, 1.807) is 45.0 Å². The van der Waals surface area contributed by atoms with Crippen LogP contribution in [0.3, 0.4) is 0 Å². The first-order valence-electron chi connectivity index (χ1n) is 11.3. The fourth-order valence-corrected chi connectivity index (χ4v) is 2.98. The van der Waals surface area contributed by atoms with E-state index in [9.17, 15) is 14.4 Å². The summed E-state index contributed by atoms with van der Waals surface area (Å²) in [6, 6.07) is 16.3. The van der Waals surface area contributed by atoms with Gasteiger partial charge in [0.1, 0.15) is 24.4 Å². The number of esters is 2. The lowest BCUT2D eigenvalue weighted by atomic mass is 10.1. The second-order valence-electron chi connectivity index (χ2n) is 10.00. The smallest absolute Gasteiger partial charge is 0.410 e. The van der Waals surface area contributed by atoms with Crippen LogP contribution in [-0.2, 0) is 32.0 Å². The molecule has 2 rings (SSSR count). The standard InChI is InChI=1S/C27H35NO6/c1-26(2,3)33-23(29)18-28(25(31)32-19-21-10-8-7-9-11-21)17-16-20-12-14-22(15-13-20)24(30)34-27(4,5)6/h7-15H,16-19H2,1-6H3. The highest BCUT2D eigenvalue weighted by atomic mass is 16.6. The van der Waals surface area contributed by atoms with Crippen molar-refractivity contribution >= 4 is 18.0 Å². The van der Waals surface area contributed by atoms with Crippen LogP contribution in [-0.4, -0.2) is 47.2 Å². The Bertz CT molecular complexity index is 955. The third-order valence-corrected chi connectivity index (χ3v) is 4.46. The van der Waals surface area contributed by atoms with E-state index in [1.165, 1.54) is 4.90 Å². The van der Waals surface area contributed by atoms with Crippen LogP contribution in [0.5, 0.6) is 0 Å². The van der Waals surface area contributed by atoms with Crippen molar-refractivity contribution in [3.05, 3.63) is 71.3 Å². The van der Waals surface area contributed by atoms with E-state index >= 15 is 0 Å². The number of carbonyl (C=O) groups excluding carboxylic acids is 3. The Hall–Kier alpha value is -3.35. The normalized spacial score (nSPS) is 11.5. The second kappa shape index (κ2) is 11.7. The highest BCUT2D eigenvalue weighted by molar-refractivity contribution is 5.89. The quantitative estimate of drug-likeness (QED) is 0.392. The van der Waals surface area contributed by atoms with Crippen LogP contribution in [0.25, 0.3) is 0 Å². The van der Waals surface area contributed by atoms with E-state index in [2.05, 4.69) is 0 Å². The van der Waals surface area contributed by atoms with Gasteiger partial charge in [-0.1, -0.05) is 42.5 Å². The van der Waals surface area contributed by atoms with Crippen molar-refractivity contribution < 1.29 is 28.6 Å². The number of ether oxygens (including phenoxy) is 3. The van der Waals surface area contributed by atoms with Gasteiger partial charge in [-0.25, -0.2) is 9.59 Å². The zero-order valence-corrected chi connectivity index (χ0v) is 20.9. The molecule has 0 bridgehead atoms. The number of amides is 1. The number of benzene rings is 2. The number of hydrogen-bond acceptors (Lipinski definition) is 6. The highest BCUT2D eigenvalue weighted by Gasteiger charge is 2.23. The van der Waals surface area contributed by atoms with E-state index in [4.69, 9.17) is 14.2 Å². The van der Waals surface area contributed by atoms with E-state index in [-0.39, 0.29) is 19.7 Å². The summed E-state index contributed by atoms with van der Waals surface area (Å²) in [6.45, 7) is 10.9. The fourth-order valence-electron chi connectivity index (χ4n) is 2.98. The van der Waals surface area contributed by atoms with Gasteiger partial charge in [0, 0.05) is 6.54 Å². The molecule has 34 heavy (non-hydrogen) atoms. The molecule has 184 valence electrons. The van der Waals surface area contributed by atoms with Crippen LogP contribution in [0.2, 0.25) is 0 Å². The molecule has 0 unspecified atom stereocenters. The second-order valence-corrected chi connectivity index (χ2v) is 10.00. The molecule has 7 heteroatoms. The van der Waals surface area contributed by atoms with Gasteiger partial charge in [-0.3, -0.25) is 9.69 Å². The maximum absolute atomic E-state index is 12.7. The molecule has 0 radical (unpaired) electrons. The number of nitrogens with zero attached hydrogens (tertiary/aromatic N) is 1. The van der Waals surface area contributed by atoms with E-state index in [0.717, 1.165) is 11.1 Å². The molecular formula is C27H35NO6. The third-order valence-electron chi connectivity index (χ3n) is 4.46. The van der Waals surface area contributed by atoms with Crippen LogP contribution in [0.1, 0.15) is 63.0 Å². The summed E-state index contributed by atoms with van der Waals surface area (Å²) in [6.07, 6.45) is -0.127. The first-order valence-corrected chi connectivity index (χ1v) is 11.3. The van der Waals surface area contributed by atoms with Gasteiger partial charge in [-0.2, -0.15) is 0 Å². The van der Waals surface area contributed by atoms with Gasteiger partial charge in [0.05, 0.1) is 5.56 Å². The Morgan fingerprint density at radius 3 is 1.91 bits per heavy atom. The molecule has 0 aliphatic rings. The predicted molar refractivity (Wildman–Crippen MR) is 129 cm³/mol. The van der Waals surface area contributed by atoms with E-state index < -0.39 is 29.2 Å². The number of rotatable bonds is 8. The van der Waals surface area contributed by atoms with Gasteiger partial charge in [0.2, 0.25) is 0 Å². The van der Waals surface area contributed by atoms with Crippen molar-refractivity contribution in [1.82, 2.24) is 4.90 Å². The summed E-state index contributed by atoms with van der Waals surface area (Å²) in [5.74, 6) is -0.903. The van der Waals surface area contributed by atoms with Gasteiger partial charge < -0.3 is 14.2 Å². The SMILES string of the molecule is CC(C)(C)OC(=O)CN(CCc1ccc(C(=O)OC(C)(C)C)cc1)C(=O)OCc1ccccc1. The monoisotopic (exact) mass is 469 g/mol. The summed E-state index contributed by atoms with van der Waals surface area (Å²) >= 11 is 0. The summed E-state index contributed by atoms with van der Waals surface area (Å²) in [4.78, 5) is 38.7. The summed E-state index contributed by atoms with van der Waals surface area (Å²) in [5, 5.41) is 0. The lowest BCUT2D eigenvalue weighted by molar-refractivity contribution is -0.155. The molecule has 0 aliphatic heterocycles. The minimum atomic E-state index is -0.659. The van der Waals surface area contributed by atoms with Gasteiger partial charge >= 0.3 is 18.0 Å². The van der Waals surface area contributed by atoms with Gasteiger partial charge in [0.25, 0.3) is 0 Å². The van der Waals surface area contributed by atoms with Gasteiger partial charge in [-0.15, -0.1) is 0 Å². The lowest BCUT2D eigenvalue weighted by Gasteiger charge is -2.25. The van der Waals surface area contributed by atoms with Crippen LogP contribution in [0.4, 0.5) is 4.79 Å². The maximum atomic E-state index is 12.7. The topological polar surface area (TPSA) is 82.1 Å². The minimum absolute atomic E-state index is 0.106. The Kier molecular flexibility index (Phi) is 9.24. The average molecular weight is 470 g/mol. The van der Waals surface area contributed by atoms with Crippen LogP contribution in [0.15, 0.2) is 54.6 Å². The van der Waals surface area contributed by atoms with Crippen LogP contribution >= 0.6 is 0 Å². The molecule has 2 aromatic carbocycles. The molecule has 2 aromatic rings. The van der Waals surface area contributed by atoms with E-state index in [1.807, 2.05) is 51.1 Å². The van der Waals surface area contributed by atoms with Crippen LogP contribution in [0, 0.1) is 0 Å². The Balaban J connectivity index is 2.03. The Labute approximate surface area is 202 Å². The lowest BCUT2D eigenvalue weighted by Crippen LogP contribution is -2.40. The molecule has 0 aliphatic carbocycles. The molecule has 0 atom stereocenters. The van der Waals surface area contributed by atoms with Crippen molar-refractivity contribution in [2.24, 2.45) is 0 Å². The minimum Gasteiger partial charge on any atom is -0.459 e. The van der Waals surface area contributed by atoms with Gasteiger partial charge in [-0.05, 0) is 71.2 Å². The summed E-state index contributed by atoms with van der Waals surface area (Å²) in [5.41, 5.74) is 0.973. The molecule has 0 saturated heterocycles. The Morgan fingerprint density at radius 1 is 0.765 bits per heavy atom. The summed E-state index contributed by atoms with van der Waals surface area (Å²) < 4.78 is 16.2. The number of hydrogen-bond donors (Lipinski definition) is 0. The molecular weight excluding hydrogens is 434 g/mol. The van der Waals surface area contributed by atoms with Crippen molar-refractivity contribution in [2.75, 3.05) is 13.1 Å². The van der Waals surface area contributed by atoms with Crippen molar-refractivity contribution in [3.63, 3.8) is 0 Å². The average Bonchev–Trinajstić information content (AvgIpc) is 2.73. The molecule has 7 nitrogen and oxygen atoms in total. The summed E-state index contributed by atoms with van der Waals surface area (Å²) in [7, 11) is 0. The van der Waals surface area contributed by atoms with Crippen molar-refractivity contribution in [3.8, 4) is 0 Å². The predicted octanol–water partition coefficient (Wildman–Crippen LogP) is 5.16. The van der Waals surface area contributed by atoms with E-state index in [0.29, 0.717) is 12.0 Å². The molecule has 0 saturated carbocycles. The Morgan fingerprint density at radius 2 is 1.35 bits per heavy atom. The van der Waals surface area contributed by atoms with Crippen molar-refractivity contribution in [1.29, 1.82) is 0 Å². The first-order chi connectivity index (χ1) is 15.8. The molecule has 0 fully saturated rings. The largest absolute Gasteiger partial charge is 0.459 e. The first kappa shape index (κ1) is 26.9. The molecule has 0 N–H and O–H groups in total. The fraction of sp³-hybridized carbons (Fsp3) is 0.444. The van der Waals surface area contributed by atoms with Gasteiger partial charge in [0.15, 0.2) is 0 Å². The third kappa shape index (κ3) is 10.1. The zero-order chi connectivity index (χ0) is 25.4. The number of carbonyl (C=O) groups is 3. The zero-order valence-electron chi connectivity index (χ0n) is 20.9. The molecule has 0 heterocycles. The van der Waals surface area contributed by atoms with Crippen LogP contribution < -0.4 is 0 Å². The molecule has 0 aromatic heterocycles. The molecule has 1 amide bonds. The van der Waals surface area contributed by atoms with Crippen molar-refractivity contribution in [2.45, 2.75) is 65.8 Å². The highest BCUT2D eigenvalue weighted by Crippen LogP contribution is 2.14. The molecule has 0 spiro atoms.